The Labute approximate surface area is 152 Å². The van der Waals surface area contributed by atoms with Gasteiger partial charge in [0, 0.05) is 0 Å². The molecule has 1 aliphatic carbocycles. The van der Waals surface area contributed by atoms with Gasteiger partial charge >= 0.3 is 0 Å². The van der Waals surface area contributed by atoms with Crippen LogP contribution in [0.2, 0.25) is 0 Å². The molecule has 2 N–H and O–H groups in total. The summed E-state index contributed by atoms with van der Waals surface area (Å²) in [6.45, 7) is 0. The molecule has 2 heteroatoms. The Kier molecular flexibility index (Phi) is 3.26. The molecule has 0 amide bonds. The van der Waals surface area contributed by atoms with Gasteiger partial charge < -0.3 is 10.2 Å². The van der Waals surface area contributed by atoms with Gasteiger partial charge in [0.05, 0.1) is 0 Å². The van der Waals surface area contributed by atoms with Crippen LogP contribution in [0, 0.1) is 0 Å². The maximum atomic E-state index is 9.65. The molecule has 0 unspecified atom stereocenters. The van der Waals surface area contributed by atoms with Crippen LogP contribution < -0.4 is 0 Å². The first-order chi connectivity index (χ1) is 12.7. The smallest absolute Gasteiger partial charge is 0.115 e. The molecule has 126 valence electrons. The van der Waals surface area contributed by atoms with E-state index in [1.165, 1.54) is 33.0 Å². The second kappa shape index (κ2) is 5.63. The van der Waals surface area contributed by atoms with Gasteiger partial charge in [-0.15, -0.1) is 0 Å². The molecule has 0 atom stereocenters. The minimum Gasteiger partial charge on any atom is -0.508 e. The van der Waals surface area contributed by atoms with Crippen molar-refractivity contribution < 1.29 is 10.2 Å². The average Bonchev–Trinajstić information content (AvgIpc) is 3.09. The number of aromatic hydroxyl groups is 2. The highest BCUT2D eigenvalue weighted by atomic mass is 16.3. The lowest BCUT2D eigenvalue weighted by Gasteiger charge is -2.15. The van der Waals surface area contributed by atoms with Crippen LogP contribution >= 0.6 is 0 Å². The van der Waals surface area contributed by atoms with Gasteiger partial charge in [-0.2, -0.15) is 0 Å². The van der Waals surface area contributed by atoms with Crippen molar-refractivity contribution in [3.05, 3.63) is 83.9 Å². The first-order valence-electron chi connectivity index (χ1n) is 8.87. The Bertz CT molecular complexity index is 1040. The monoisotopic (exact) mass is 338 g/mol. The van der Waals surface area contributed by atoms with Gasteiger partial charge in [-0.1, -0.05) is 48.5 Å². The molecule has 0 fully saturated rings. The van der Waals surface area contributed by atoms with Crippen molar-refractivity contribution in [2.45, 2.75) is 12.8 Å². The van der Waals surface area contributed by atoms with Crippen molar-refractivity contribution in [2.75, 3.05) is 0 Å². The van der Waals surface area contributed by atoms with Gasteiger partial charge in [0.15, 0.2) is 0 Å². The summed E-state index contributed by atoms with van der Waals surface area (Å²) >= 11 is 0. The standard InChI is InChI=1S/C24H18O2/c25-19-9-3-15(4-10-19)21-13-7-17-1-2-18-8-14-22(24(21)23(17)18)16-5-11-20(26)12-6-16/h3-14,25-26H,1-2H2. The van der Waals surface area contributed by atoms with E-state index in [1.807, 2.05) is 24.3 Å². The molecule has 0 spiro atoms. The zero-order valence-corrected chi connectivity index (χ0v) is 14.2. The van der Waals surface area contributed by atoms with Crippen molar-refractivity contribution in [3.63, 3.8) is 0 Å². The lowest BCUT2D eigenvalue weighted by Crippen LogP contribution is -1.89. The zero-order chi connectivity index (χ0) is 17.7. The SMILES string of the molecule is Oc1ccc(-c2ccc3c4c(ccc(-c5ccc(O)cc5)c24)CC3)cc1. The number of hydrogen-bond acceptors (Lipinski definition) is 2. The molecule has 26 heavy (non-hydrogen) atoms. The van der Waals surface area contributed by atoms with Gasteiger partial charge in [0.2, 0.25) is 0 Å². The number of aryl methyl sites for hydroxylation is 2. The fraction of sp³-hybridized carbons (Fsp3) is 0.0833. The second-order valence-corrected chi connectivity index (χ2v) is 6.89. The number of phenols is 2. The molecule has 0 heterocycles. The van der Waals surface area contributed by atoms with E-state index in [9.17, 15) is 10.2 Å². The number of phenolic OH excluding ortho intramolecular Hbond substituents is 2. The van der Waals surface area contributed by atoms with Crippen molar-refractivity contribution in [3.8, 4) is 33.8 Å². The normalized spacial score (nSPS) is 12.6. The van der Waals surface area contributed by atoms with E-state index < -0.39 is 0 Å². The van der Waals surface area contributed by atoms with Crippen LogP contribution in [-0.4, -0.2) is 10.2 Å². The van der Waals surface area contributed by atoms with Crippen LogP contribution in [0.1, 0.15) is 11.1 Å². The van der Waals surface area contributed by atoms with Crippen LogP contribution in [0.25, 0.3) is 33.0 Å². The molecule has 0 aliphatic heterocycles. The largest absolute Gasteiger partial charge is 0.508 e. The fourth-order valence-electron chi connectivity index (χ4n) is 4.09. The van der Waals surface area contributed by atoms with E-state index in [0.717, 1.165) is 24.0 Å². The molecule has 0 bridgehead atoms. The molecule has 0 radical (unpaired) electrons. The van der Waals surface area contributed by atoms with E-state index >= 15 is 0 Å². The quantitative estimate of drug-likeness (QED) is 0.493. The van der Waals surface area contributed by atoms with Crippen molar-refractivity contribution in [2.24, 2.45) is 0 Å². The molecular formula is C24H18O2. The van der Waals surface area contributed by atoms with E-state index in [0.29, 0.717) is 0 Å². The topological polar surface area (TPSA) is 40.5 Å². The first kappa shape index (κ1) is 15.0. The summed E-state index contributed by atoms with van der Waals surface area (Å²) < 4.78 is 0. The zero-order valence-electron chi connectivity index (χ0n) is 14.2. The van der Waals surface area contributed by atoms with Crippen LogP contribution in [-0.2, 0) is 12.8 Å². The van der Waals surface area contributed by atoms with Crippen LogP contribution in [0.3, 0.4) is 0 Å². The van der Waals surface area contributed by atoms with Crippen molar-refractivity contribution >= 4 is 10.8 Å². The lowest BCUT2D eigenvalue weighted by molar-refractivity contribution is 0.475. The van der Waals surface area contributed by atoms with Crippen LogP contribution in [0.4, 0.5) is 0 Å². The van der Waals surface area contributed by atoms with Gasteiger partial charge in [0.25, 0.3) is 0 Å². The summed E-state index contributed by atoms with van der Waals surface area (Å²) in [6, 6.07) is 23.7. The Morgan fingerprint density at radius 3 is 1.31 bits per heavy atom. The molecule has 0 saturated carbocycles. The lowest BCUT2D eigenvalue weighted by atomic mass is 9.89. The van der Waals surface area contributed by atoms with Crippen molar-refractivity contribution in [1.29, 1.82) is 0 Å². The predicted molar refractivity (Wildman–Crippen MR) is 106 cm³/mol. The Morgan fingerprint density at radius 2 is 0.885 bits per heavy atom. The molecule has 4 aromatic carbocycles. The third-order valence-electron chi connectivity index (χ3n) is 5.35. The number of rotatable bonds is 2. The summed E-state index contributed by atoms with van der Waals surface area (Å²) in [7, 11) is 0. The Morgan fingerprint density at radius 1 is 0.462 bits per heavy atom. The highest BCUT2D eigenvalue weighted by molar-refractivity contribution is 6.09. The first-order valence-corrected chi connectivity index (χ1v) is 8.87. The molecular weight excluding hydrogens is 320 g/mol. The van der Waals surface area contributed by atoms with E-state index in [-0.39, 0.29) is 11.5 Å². The van der Waals surface area contributed by atoms with E-state index in [1.54, 1.807) is 24.3 Å². The van der Waals surface area contributed by atoms with Crippen LogP contribution in [0.5, 0.6) is 11.5 Å². The summed E-state index contributed by atoms with van der Waals surface area (Å²) in [4.78, 5) is 0. The van der Waals surface area contributed by atoms with Crippen LogP contribution in [0.15, 0.2) is 72.8 Å². The van der Waals surface area contributed by atoms with E-state index in [2.05, 4.69) is 24.3 Å². The van der Waals surface area contributed by atoms with Gasteiger partial charge in [-0.05, 0) is 81.3 Å². The molecule has 2 nitrogen and oxygen atoms in total. The molecule has 1 aliphatic rings. The Balaban J connectivity index is 1.86. The number of benzene rings is 4. The summed E-state index contributed by atoms with van der Waals surface area (Å²) in [5.41, 5.74) is 7.35. The minimum atomic E-state index is 0.276. The fourth-order valence-corrected chi connectivity index (χ4v) is 4.09. The highest BCUT2D eigenvalue weighted by Crippen LogP contribution is 2.42. The van der Waals surface area contributed by atoms with E-state index in [4.69, 9.17) is 0 Å². The molecule has 4 aromatic rings. The summed E-state index contributed by atoms with van der Waals surface area (Å²) in [5.74, 6) is 0.553. The Hall–Kier alpha value is -3.26. The van der Waals surface area contributed by atoms with Gasteiger partial charge in [-0.25, -0.2) is 0 Å². The molecule has 0 aromatic heterocycles. The number of hydrogen-bond donors (Lipinski definition) is 2. The molecule has 5 rings (SSSR count). The third kappa shape index (κ3) is 2.26. The summed E-state index contributed by atoms with van der Waals surface area (Å²) in [6.07, 6.45) is 2.17. The maximum Gasteiger partial charge on any atom is 0.115 e. The van der Waals surface area contributed by atoms with Crippen molar-refractivity contribution in [1.82, 2.24) is 0 Å². The third-order valence-corrected chi connectivity index (χ3v) is 5.35. The molecule has 0 saturated heterocycles. The minimum absolute atomic E-state index is 0.276. The highest BCUT2D eigenvalue weighted by Gasteiger charge is 2.20. The summed E-state index contributed by atoms with van der Waals surface area (Å²) in [5, 5.41) is 21.9. The average molecular weight is 338 g/mol. The maximum absolute atomic E-state index is 9.65. The van der Waals surface area contributed by atoms with Gasteiger partial charge in [-0.3, -0.25) is 0 Å². The van der Waals surface area contributed by atoms with Gasteiger partial charge in [0.1, 0.15) is 11.5 Å². The predicted octanol–water partition coefficient (Wildman–Crippen LogP) is 5.68. The second-order valence-electron chi connectivity index (χ2n) is 6.89.